The summed E-state index contributed by atoms with van der Waals surface area (Å²) in [5, 5.41) is 0. The number of ether oxygens (including phenoxy) is 2. The molecule has 0 spiro atoms. The fraction of sp³-hybridized carbons (Fsp3) is 0.588. The lowest BCUT2D eigenvalue weighted by Gasteiger charge is -2.34. The van der Waals surface area contributed by atoms with Gasteiger partial charge >= 0.3 is 0 Å². The van der Waals surface area contributed by atoms with E-state index in [0.717, 1.165) is 24.2 Å². The van der Waals surface area contributed by atoms with Crippen molar-refractivity contribution in [1.82, 2.24) is 4.90 Å². The van der Waals surface area contributed by atoms with Crippen LogP contribution in [0.1, 0.15) is 35.3 Å². The molecule has 4 heteroatoms. The highest BCUT2D eigenvalue weighted by Crippen LogP contribution is 2.24. The van der Waals surface area contributed by atoms with Gasteiger partial charge in [0.1, 0.15) is 5.75 Å². The number of hydrogen-bond acceptors (Lipinski definition) is 4. The second kappa shape index (κ2) is 6.58. The molecule has 116 valence electrons. The van der Waals surface area contributed by atoms with Crippen LogP contribution in [0.3, 0.4) is 0 Å². The van der Waals surface area contributed by atoms with E-state index < -0.39 is 0 Å². The number of ketones is 1. The molecule has 0 N–H and O–H groups in total. The third-order valence-corrected chi connectivity index (χ3v) is 3.98. The van der Waals surface area contributed by atoms with Gasteiger partial charge < -0.3 is 9.47 Å². The highest BCUT2D eigenvalue weighted by Gasteiger charge is 2.25. The number of Topliss-reactive ketones (excluding diaryl/α,β-unsaturated/α-hetero) is 1. The molecular weight excluding hydrogens is 266 g/mol. The van der Waals surface area contributed by atoms with Gasteiger partial charge in [-0.3, -0.25) is 9.69 Å². The zero-order chi connectivity index (χ0) is 15.6. The van der Waals surface area contributed by atoms with Gasteiger partial charge in [0.05, 0.1) is 31.4 Å². The fourth-order valence-corrected chi connectivity index (χ4v) is 2.88. The first-order valence-corrected chi connectivity index (χ1v) is 7.47. The number of benzene rings is 1. The van der Waals surface area contributed by atoms with Gasteiger partial charge in [0.2, 0.25) is 0 Å². The van der Waals surface area contributed by atoms with Gasteiger partial charge in [-0.15, -0.1) is 0 Å². The molecule has 0 saturated carbocycles. The normalized spacial score (nSPS) is 23.1. The van der Waals surface area contributed by atoms with Gasteiger partial charge in [-0.2, -0.15) is 0 Å². The summed E-state index contributed by atoms with van der Waals surface area (Å²) in [6.45, 7) is 10.1. The van der Waals surface area contributed by atoms with Crippen molar-refractivity contribution in [3.63, 3.8) is 0 Å². The van der Waals surface area contributed by atoms with Crippen molar-refractivity contribution in [1.29, 1.82) is 0 Å². The molecule has 1 aliphatic heterocycles. The van der Waals surface area contributed by atoms with Crippen LogP contribution in [0.15, 0.2) is 12.1 Å². The Labute approximate surface area is 127 Å². The van der Waals surface area contributed by atoms with Crippen molar-refractivity contribution in [2.45, 2.75) is 39.9 Å². The SMILES string of the molecule is COc1cc(C)c(C)cc1C(=O)CN1CC(C)OC(C)C1. The van der Waals surface area contributed by atoms with Gasteiger partial charge in [-0.1, -0.05) is 0 Å². The summed E-state index contributed by atoms with van der Waals surface area (Å²) < 4.78 is 11.1. The largest absolute Gasteiger partial charge is 0.496 e. The summed E-state index contributed by atoms with van der Waals surface area (Å²) in [6, 6.07) is 3.87. The van der Waals surface area contributed by atoms with E-state index in [9.17, 15) is 4.79 Å². The molecule has 21 heavy (non-hydrogen) atoms. The second-order valence-electron chi connectivity index (χ2n) is 6.01. The lowest BCUT2D eigenvalue weighted by molar-refractivity contribution is -0.0652. The predicted octanol–water partition coefficient (Wildman–Crippen LogP) is 2.60. The molecule has 1 aliphatic rings. The van der Waals surface area contributed by atoms with Crippen LogP contribution in [-0.2, 0) is 4.74 Å². The molecule has 2 atom stereocenters. The van der Waals surface area contributed by atoms with E-state index in [-0.39, 0.29) is 18.0 Å². The van der Waals surface area contributed by atoms with E-state index in [1.807, 2.05) is 39.8 Å². The van der Waals surface area contributed by atoms with Crippen LogP contribution < -0.4 is 4.74 Å². The first-order chi connectivity index (χ1) is 9.90. The van der Waals surface area contributed by atoms with E-state index >= 15 is 0 Å². The molecule has 0 aromatic heterocycles. The minimum Gasteiger partial charge on any atom is -0.496 e. The Kier molecular flexibility index (Phi) is 5.01. The standard InChI is InChI=1S/C17H25NO3/c1-11-6-15(17(20-5)7-12(11)2)16(19)10-18-8-13(3)21-14(4)9-18/h6-7,13-14H,8-10H2,1-5H3. The first-order valence-electron chi connectivity index (χ1n) is 7.47. The number of carbonyl (C=O) groups is 1. The molecule has 0 amide bonds. The summed E-state index contributed by atoms with van der Waals surface area (Å²) in [7, 11) is 1.61. The van der Waals surface area contributed by atoms with Gasteiger partial charge in [0, 0.05) is 13.1 Å². The zero-order valence-corrected chi connectivity index (χ0v) is 13.6. The molecular formula is C17H25NO3. The molecule has 1 saturated heterocycles. The topological polar surface area (TPSA) is 38.8 Å². The van der Waals surface area contributed by atoms with Crippen molar-refractivity contribution in [3.8, 4) is 5.75 Å². The van der Waals surface area contributed by atoms with Crippen molar-refractivity contribution in [2.75, 3.05) is 26.7 Å². The molecule has 0 aliphatic carbocycles. The van der Waals surface area contributed by atoms with Crippen molar-refractivity contribution >= 4 is 5.78 Å². The molecule has 1 aromatic carbocycles. The lowest BCUT2D eigenvalue weighted by Crippen LogP contribution is -2.47. The Morgan fingerprint density at radius 3 is 2.38 bits per heavy atom. The number of hydrogen-bond donors (Lipinski definition) is 0. The van der Waals surface area contributed by atoms with E-state index in [4.69, 9.17) is 9.47 Å². The van der Waals surface area contributed by atoms with Gasteiger partial charge in [0.25, 0.3) is 0 Å². The highest BCUT2D eigenvalue weighted by molar-refractivity contribution is 6.00. The summed E-state index contributed by atoms with van der Waals surface area (Å²) >= 11 is 0. The van der Waals surface area contributed by atoms with Crippen LogP contribution >= 0.6 is 0 Å². The molecule has 2 rings (SSSR count). The molecule has 1 fully saturated rings. The van der Waals surface area contributed by atoms with Crippen LogP contribution in [0.4, 0.5) is 0 Å². The Bertz CT molecular complexity index is 517. The molecule has 4 nitrogen and oxygen atoms in total. The minimum atomic E-state index is 0.108. The zero-order valence-electron chi connectivity index (χ0n) is 13.6. The average Bonchev–Trinajstić information content (AvgIpc) is 2.40. The number of nitrogens with zero attached hydrogens (tertiary/aromatic N) is 1. The maximum atomic E-state index is 12.6. The lowest BCUT2D eigenvalue weighted by atomic mass is 10.0. The molecule has 2 unspecified atom stereocenters. The van der Waals surface area contributed by atoms with Gasteiger partial charge in [-0.25, -0.2) is 0 Å². The molecule has 0 radical (unpaired) electrons. The van der Waals surface area contributed by atoms with Crippen LogP contribution in [0.25, 0.3) is 0 Å². The number of rotatable bonds is 4. The van der Waals surface area contributed by atoms with E-state index in [1.54, 1.807) is 7.11 Å². The maximum Gasteiger partial charge on any atom is 0.180 e. The van der Waals surface area contributed by atoms with E-state index in [0.29, 0.717) is 17.9 Å². The smallest absolute Gasteiger partial charge is 0.180 e. The van der Waals surface area contributed by atoms with Crippen molar-refractivity contribution in [3.05, 3.63) is 28.8 Å². The van der Waals surface area contributed by atoms with Crippen LogP contribution in [-0.4, -0.2) is 49.6 Å². The van der Waals surface area contributed by atoms with E-state index in [2.05, 4.69) is 4.90 Å². The summed E-state index contributed by atoms with van der Waals surface area (Å²) in [6.07, 6.45) is 0.339. The molecule has 1 heterocycles. The first kappa shape index (κ1) is 16.0. The third-order valence-electron chi connectivity index (χ3n) is 3.98. The predicted molar refractivity (Wildman–Crippen MR) is 83.2 cm³/mol. The average molecular weight is 291 g/mol. The Hall–Kier alpha value is -1.39. The van der Waals surface area contributed by atoms with Gasteiger partial charge in [-0.05, 0) is 51.0 Å². The van der Waals surface area contributed by atoms with Crippen molar-refractivity contribution in [2.24, 2.45) is 0 Å². The number of aryl methyl sites for hydroxylation is 2. The Balaban J connectivity index is 2.15. The van der Waals surface area contributed by atoms with Gasteiger partial charge in [0.15, 0.2) is 5.78 Å². The van der Waals surface area contributed by atoms with Crippen LogP contribution in [0, 0.1) is 13.8 Å². The second-order valence-corrected chi connectivity index (χ2v) is 6.01. The number of methoxy groups -OCH3 is 1. The van der Waals surface area contributed by atoms with Crippen LogP contribution in [0.5, 0.6) is 5.75 Å². The third kappa shape index (κ3) is 3.83. The van der Waals surface area contributed by atoms with Crippen LogP contribution in [0.2, 0.25) is 0 Å². The molecule has 0 bridgehead atoms. The minimum absolute atomic E-state index is 0.108. The summed E-state index contributed by atoms with van der Waals surface area (Å²) in [4.78, 5) is 14.8. The fourth-order valence-electron chi connectivity index (χ4n) is 2.88. The molecule has 1 aromatic rings. The quantitative estimate of drug-likeness (QED) is 0.799. The number of morpholine rings is 1. The monoisotopic (exact) mass is 291 g/mol. The Morgan fingerprint density at radius 1 is 1.24 bits per heavy atom. The Morgan fingerprint density at radius 2 is 1.81 bits per heavy atom. The highest BCUT2D eigenvalue weighted by atomic mass is 16.5. The maximum absolute atomic E-state index is 12.6. The summed E-state index contributed by atoms with van der Waals surface area (Å²) in [5.74, 6) is 0.772. The van der Waals surface area contributed by atoms with E-state index in [1.165, 1.54) is 0 Å². The summed E-state index contributed by atoms with van der Waals surface area (Å²) in [5.41, 5.74) is 2.92. The van der Waals surface area contributed by atoms with Crippen molar-refractivity contribution < 1.29 is 14.3 Å². The number of carbonyl (C=O) groups excluding carboxylic acids is 1.